The number of phenols is 1. The van der Waals surface area contributed by atoms with E-state index in [1.54, 1.807) is 0 Å². The Morgan fingerprint density at radius 2 is 1.85 bits per heavy atom. The van der Waals surface area contributed by atoms with Gasteiger partial charge in [-0.1, -0.05) is 19.4 Å². The third kappa shape index (κ3) is 2.14. The summed E-state index contributed by atoms with van der Waals surface area (Å²) < 4.78 is 0.859. The number of nitrogens with zero attached hydrogens (tertiary/aromatic N) is 2. The Morgan fingerprint density at radius 3 is 2.60 bits per heavy atom. The van der Waals surface area contributed by atoms with E-state index in [4.69, 9.17) is 0 Å². The lowest BCUT2D eigenvalue weighted by Gasteiger charge is -2.08. The van der Waals surface area contributed by atoms with Crippen molar-refractivity contribution >= 4 is 38.0 Å². The van der Waals surface area contributed by atoms with Crippen molar-refractivity contribution in [3.05, 3.63) is 39.9 Å². The molecule has 102 valence electrons. The fraction of sp³-hybridized carbons (Fsp3) is 0.250. The molecule has 0 amide bonds. The lowest BCUT2D eigenvalue weighted by Crippen LogP contribution is -1.92. The number of fused-ring (bicyclic) bond motifs is 2. The average molecular weight is 331 g/mol. The first-order chi connectivity index (χ1) is 9.60. The molecule has 0 aliphatic carbocycles. The Hall–Kier alpha value is -1.68. The van der Waals surface area contributed by atoms with Gasteiger partial charge in [0.1, 0.15) is 16.8 Å². The van der Waals surface area contributed by atoms with E-state index >= 15 is 0 Å². The van der Waals surface area contributed by atoms with Crippen molar-refractivity contribution in [2.45, 2.75) is 26.7 Å². The van der Waals surface area contributed by atoms with Gasteiger partial charge in [-0.2, -0.15) is 0 Å². The molecule has 0 unspecified atom stereocenters. The van der Waals surface area contributed by atoms with E-state index in [9.17, 15) is 5.11 Å². The highest BCUT2D eigenvalue weighted by molar-refractivity contribution is 9.10. The molecule has 2 aromatic carbocycles. The maximum absolute atomic E-state index is 10.2. The Labute approximate surface area is 125 Å². The van der Waals surface area contributed by atoms with E-state index in [0.29, 0.717) is 11.0 Å². The molecule has 0 saturated carbocycles. The molecule has 0 atom stereocenters. The highest BCUT2D eigenvalue weighted by Crippen LogP contribution is 2.33. The quantitative estimate of drug-likeness (QED) is 0.703. The summed E-state index contributed by atoms with van der Waals surface area (Å²) in [5.74, 6) is 0.204. The third-order valence-electron chi connectivity index (χ3n) is 3.43. The molecule has 0 bridgehead atoms. The van der Waals surface area contributed by atoms with Gasteiger partial charge in [-0.15, -0.1) is 0 Å². The highest BCUT2D eigenvalue weighted by Gasteiger charge is 2.12. The van der Waals surface area contributed by atoms with Gasteiger partial charge in [-0.05, 0) is 58.6 Å². The maximum atomic E-state index is 10.2. The van der Waals surface area contributed by atoms with Crippen molar-refractivity contribution in [3.8, 4) is 5.75 Å². The minimum absolute atomic E-state index is 0.204. The number of aromatic hydroxyl groups is 1. The number of aryl methyl sites for hydroxylation is 2. The summed E-state index contributed by atoms with van der Waals surface area (Å²) in [5, 5.41) is 10.2. The van der Waals surface area contributed by atoms with Gasteiger partial charge >= 0.3 is 0 Å². The summed E-state index contributed by atoms with van der Waals surface area (Å²) in [6.45, 7) is 4.02. The van der Waals surface area contributed by atoms with Gasteiger partial charge in [0, 0.05) is 4.47 Å². The number of hydrogen-bond acceptors (Lipinski definition) is 3. The number of aromatic nitrogens is 2. The van der Waals surface area contributed by atoms with Crippen LogP contribution in [0.15, 0.2) is 28.7 Å². The van der Waals surface area contributed by atoms with E-state index in [2.05, 4.69) is 45.0 Å². The Morgan fingerprint density at radius 1 is 1.10 bits per heavy atom. The van der Waals surface area contributed by atoms with Crippen LogP contribution in [0.25, 0.3) is 22.1 Å². The maximum Gasteiger partial charge on any atom is 0.146 e. The summed E-state index contributed by atoms with van der Waals surface area (Å²) in [7, 11) is 0. The normalized spacial score (nSPS) is 11.3. The van der Waals surface area contributed by atoms with Crippen LogP contribution in [0.2, 0.25) is 0 Å². The van der Waals surface area contributed by atoms with Crippen LogP contribution in [0.4, 0.5) is 0 Å². The van der Waals surface area contributed by atoms with Crippen LogP contribution in [0.5, 0.6) is 5.75 Å². The molecule has 20 heavy (non-hydrogen) atoms. The lowest BCUT2D eigenvalue weighted by atomic mass is 10.1. The molecule has 0 aliphatic heterocycles. The van der Waals surface area contributed by atoms with Crippen LogP contribution in [0, 0.1) is 6.92 Å². The largest absolute Gasteiger partial charge is 0.505 e. The second-order valence-corrected chi connectivity index (χ2v) is 5.87. The molecule has 0 radical (unpaired) electrons. The van der Waals surface area contributed by atoms with Gasteiger partial charge in [0.25, 0.3) is 0 Å². The van der Waals surface area contributed by atoms with Crippen LogP contribution >= 0.6 is 15.9 Å². The average Bonchev–Trinajstić information content (AvgIpc) is 2.44. The molecule has 1 N–H and O–H groups in total. The summed E-state index contributed by atoms with van der Waals surface area (Å²) in [6.07, 6.45) is 2.15. The summed E-state index contributed by atoms with van der Waals surface area (Å²) >= 11 is 3.50. The van der Waals surface area contributed by atoms with Crippen molar-refractivity contribution in [2.75, 3.05) is 0 Å². The number of rotatable bonds is 2. The number of phenolic OH excluding ortho intramolecular Hbond substituents is 1. The van der Waals surface area contributed by atoms with Gasteiger partial charge in [-0.25, -0.2) is 9.97 Å². The summed E-state index contributed by atoms with van der Waals surface area (Å²) in [5.41, 5.74) is 4.99. The lowest BCUT2D eigenvalue weighted by molar-refractivity contribution is 0.476. The molecular weight excluding hydrogens is 316 g/mol. The van der Waals surface area contributed by atoms with Crippen LogP contribution < -0.4 is 0 Å². The fourth-order valence-corrected chi connectivity index (χ4v) is 3.01. The van der Waals surface area contributed by atoms with Crippen LogP contribution in [-0.4, -0.2) is 15.1 Å². The molecular formula is C16H15BrN2O. The first-order valence-corrected chi connectivity index (χ1v) is 7.48. The number of hydrogen-bond donors (Lipinski definition) is 1. The monoisotopic (exact) mass is 330 g/mol. The van der Waals surface area contributed by atoms with Gasteiger partial charge in [0.15, 0.2) is 0 Å². The Balaban J connectivity index is 2.34. The number of benzene rings is 2. The van der Waals surface area contributed by atoms with Crippen molar-refractivity contribution in [3.63, 3.8) is 0 Å². The van der Waals surface area contributed by atoms with Gasteiger partial charge in [0.05, 0.1) is 11.0 Å². The van der Waals surface area contributed by atoms with E-state index in [1.165, 1.54) is 5.56 Å². The van der Waals surface area contributed by atoms with E-state index in [0.717, 1.165) is 33.9 Å². The van der Waals surface area contributed by atoms with Gasteiger partial charge in [-0.3, -0.25) is 0 Å². The Bertz CT molecular complexity index is 815. The predicted molar refractivity (Wildman–Crippen MR) is 85.1 cm³/mol. The zero-order chi connectivity index (χ0) is 14.3. The van der Waals surface area contributed by atoms with Gasteiger partial charge in [0.2, 0.25) is 0 Å². The minimum atomic E-state index is 0.204. The van der Waals surface area contributed by atoms with Crippen molar-refractivity contribution < 1.29 is 5.11 Å². The van der Waals surface area contributed by atoms with Gasteiger partial charge < -0.3 is 5.11 Å². The second-order valence-electron chi connectivity index (χ2n) is 5.02. The molecule has 0 spiro atoms. The molecule has 0 saturated heterocycles. The first kappa shape index (κ1) is 13.3. The van der Waals surface area contributed by atoms with Crippen molar-refractivity contribution in [1.29, 1.82) is 0 Å². The van der Waals surface area contributed by atoms with Crippen LogP contribution in [-0.2, 0) is 6.42 Å². The van der Waals surface area contributed by atoms with Crippen molar-refractivity contribution in [1.82, 2.24) is 9.97 Å². The predicted octanol–water partition coefficient (Wildman–Crippen LogP) is 4.51. The summed E-state index contributed by atoms with van der Waals surface area (Å²) in [6, 6.07) is 8.00. The second kappa shape index (κ2) is 5.02. The van der Waals surface area contributed by atoms with Crippen LogP contribution in [0.1, 0.15) is 24.5 Å². The smallest absolute Gasteiger partial charge is 0.146 e. The molecule has 3 aromatic rings. The molecule has 3 nitrogen and oxygen atoms in total. The summed E-state index contributed by atoms with van der Waals surface area (Å²) in [4.78, 5) is 9.21. The van der Waals surface area contributed by atoms with E-state index < -0.39 is 0 Å². The van der Waals surface area contributed by atoms with E-state index in [-0.39, 0.29) is 5.75 Å². The zero-order valence-electron chi connectivity index (χ0n) is 11.4. The van der Waals surface area contributed by atoms with E-state index in [1.807, 2.05) is 19.1 Å². The molecule has 4 heteroatoms. The Kier molecular flexibility index (Phi) is 3.34. The molecule has 3 rings (SSSR count). The SMILES string of the molecule is CCCc1ccc2nc3c(O)c(C)cc(Br)c3nc2c1. The number of halogens is 1. The van der Waals surface area contributed by atoms with Crippen LogP contribution in [0.3, 0.4) is 0 Å². The highest BCUT2D eigenvalue weighted by atomic mass is 79.9. The molecule has 0 aliphatic rings. The third-order valence-corrected chi connectivity index (χ3v) is 4.04. The minimum Gasteiger partial charge on any atom is -0.505 e. The first-order valence-electron chi connectivity index (χ1n) is 6.68. The van der Waals surface area contributed by atoms with Crippen molar-refractivity contribution in [2.24, 2.45) is 0 Å². The fourth-order valence-electron chi connectivity index (χ4n) is 2.39. The molecule has 1 heterocycles. The molecule has 0 fully saturated rings. The molecule has 1 aromatic heterocycles. The topological polar surface area (TPSA) is 46.0 Å². The standard InChI is InChI=1S/C16H15BrN2O/c1-3-4-10-5-6-12-13(8-10)19-14-11(17)7-9(2)16(20)15(14)18-12/h5-8,20H,3-4H2,1-2H3. The zero-order valence-corrected chi connectivity index (χ0v) is 13.0.